The Morgan fingerprint density at radius 1 is 1.03 bits per heavy atom. The number of hydrogen-bond donors (Lipinski definition) is 1. The molecular weight excluding hydrogens is 509 g/mol. The first kappa shape index (κ1) is 26.6. The Bertz CT molecular complexity index is 1300. The van der Waals surface area contributed by atoms with Gasteiger partial charge in [0.2, 0.25) is 25.8 Å². The summed E-state index contributed by atoms with van der Waals surface area (Å²) in [5.74, 6) is -1.69. The molecule has 0 radical (unpaired) electrons. The molecule has 0 saturated heterocycles. The van der Waals surface area contributed by atoms with Gasteiger partial charge in [-0.1, -0.05) is 11.6 Å². The minimum atomic E-state index is -5.16. The van der Waals surface area contributed by atoms with Crippen molar-refractivity contribution in [3.63, 3.8) is 0 Å². The summed E-state index contributed by atoms with van der Waals surface area (Å²) in [6.45, 7) is 0.396. The maximum atomic E-state index is 13.1. The average molecular weight is 527 g/mol. The molecular formula is C19H18ClF3N2O6S2. The van der Waals surface area contributed by atoms with Gasteiger partial charge in [-0.25, -0.2) is 16.8 Å². The molecule has 33 heavy (non-hydrogen) atoms. The highest BCUT2D eigenvalue weighted by Gasteiger charge is 2.57. The molecule has 1 unspecified atom stereocenters. The fourth-order valence-electron chi connectivity index (χ4n) is 2.43. The standard InChI is InChI=1S/C19H18ClF3N2O6S2/c1-18(11-26,19(21,22)23)17(27)24-16-9-8-14(10-15(16)20)33(30,31)13-6-4-12(5-7-13)25(2)32(3,28)29/h4-11H,1-3H3,(H,24,27). The maximum absolute atomic E-state index is 13.1. The highest BCUT2D eigenvalue weighted by Crippen LogP contribution is 2.38. The van der Waals surface area contributed by atoms with Crippen LogP contribution in [0, 0.1) is 5.41 Å². The maximum Gasteiger partial charge on any atom is 0.409 e. The normalized spacial score (nSPS) is 14.3. The Morgan fingerprint density at radius 2 is 1.55 bits per heavy atom. The predicted octanol–water partition coefficient (Wildman–Crippen LogP) is 3.27. The lowest BCUT2D eigenvalue weighted by molar-refractivity contribution is -0.206. The summed E-state index contributed by atoms with van der Waals surface area (Å²) in [6, 6.07) is 7.83. The third-order valence-corrected chi connectivity index (χ3v) is 8.09. The van der Waals surface area contributed by atoms with E-state index in [2.05, 4.69) is 0 Å². The number of anilines is 2. The lowest BCUT2D eigenvalue weighted by Gasteiger charge is -2.25. The molecule has 8 nitrogen and oxygen atoms in total. The van der Waals surface area contributed by atoms with Gasteiger partial charge >= 0.3 is 6.18 Å². The molecule has 0 aliphatic carbocycles. The third kappa shape index (κ3) is 5.31. The third-order valence-electron chi connectivity index (χ3n) is 4.80. The summed E-state index contributed by atoms with van der Waals surface area (Å²) in [7, 11) is -6.41. The number of sulfone groups is 1. The molecule has 0 heterocycles. The SMILES string of the molecule is CN(c1ccc(S(=O)(=O)c2ccc(NC(=O)C(C)(C=O)C(F)(F)F)c(Cl)c2)cc1)S(C)(=O)=O. The van der Waals surface area contributed by atoms with Crippen LogP contribution in [0.2, 0.25) is 5.02 Å². The number of rotatable bonds is 7. The number of halogens is 4. The number of hydrogen-bond acceptors (Lipinski definition) is 6. The van der Waals surface area contributed by atoms with Crippen LogP contribution in [-0.4, -0.2) is 48.5 Å². The van der Waals surface area contributed by atoms with Crippen LogP contribution in [0.1, 0.15) is 6.92 Å². The van der Waals surface area contributed by atoms with Gasteiger partial charge < -0.3 is 10.1 Å². The van der Waals surface area contributed by atoms with Gasteiger partial charge in [0.15, 0.2) is 5.41 Å². The van der Waals surface area contributed by atoms with Crippen molar-refractivity contribution in [3.05, 3.63) is 47.5 Å². The van der Waals surface area contributed by atoms with E-state index in [4.69, 9.17) is 11.6 Å². The summed E-state index contributed by atoms with van der Waals surface area (Å²) in [6.07, 6.45) is -4.72. The van der Waals surface area contributed by atoms with Gasteiger partial charge in [-0.05, 0) is 49.4 Å². The second-order valence-electron chi connectivity index (χ2n) is 7.14. The topological polar surface area (TPSA) is 118 Å². The number of carbonyl (C=O) groups excluding carboxylic acids is 2. The van der Waals surface area contributed by atoms with E-state index in [0.717, 1.165) is 28.8 Å². The minimum absolute atomic E-state index is 0.202. The summed E-state index contributed by atoms with van der Waals surface area (Å²) in [4.78, 5) is 22.4. The molecule has 2 aromatic carbocycles. The number of benzene rings is 2. The van der Waals surface area contributed by atoms with Crippen molar-refractivity contribution in [2.75, 3.05) is 22.9 Å². The molecule has 1 amide bonds. The molecule has 0 aliphatic heterocycles. The summed E-state index contributed by atoms with van der Waals surface area (Å²) >= 11 is 5.97. The van der Waals surface area contributed by atoms with Crippen molar-refractivity contribution in [2.24, 2.45) is 5.41 Å². The van der Waals surface area contributed by atoms with Crippen molar-refractivity contribution in [3.8, 4) is 0 Å². The Labute approximate surface area is 193 Å². The van der Waals surface area contributed by atoms with Gasteiger partial charge in [-0.15, -0.1) is 0 Å². The van der Waals surface area contributed by atoms with Crippen LogP contribution in [0.3, 0.4) is 0 Å². The molecule has 0 bridgehead atoms. The zero-order valence-corrected chi connectivity index (χ0v) is 19.7. The van der Waals surface area contributed by atoms with E-state index >= 15 is 0 Å². The van der Waals surface area contributed by atoms with Crippen molar-refractivity contribution >= 4 is 55.0 Å². The number of sulfonamides is 1. The number of aldehydes is 1. The summed E-state index contributed by atoms with van der Waals surface area (Å²) < 4.78 is 89.1. The first-order valence-electron chi connectivity index (χ1n) is 8.88. The van der Waals surface area contributed by atoms with Crippen molar-refractivity contribution in [2.45, 2.75) is 22.9 Å². The first-order chi connectivity index (χ1) is 14.9. The van der Waals surface area contributed by atoms with Crippen molar-refractivity contribution < 1.29 is 39.6 Å². The second kappa shape index (κ2) is 8.95. The molecule has 0 fully saturated rings. The number of nitrogens with zero attached hydrogens (tertiary/aromatic N) is 1. The fraction of sp³-hybridized carbons (Fsp3) is 0.263. The van der Waals surface area contributed by atoms with Crippen LogP contribution in [0.5, 0.6) is 0 Å². The molecule has 2 aromatic rings. The van der Waals surface area contributed by atoms with Crippen molar-refractivity contribution in [1.29, 1.82) is 0 Å². The molecule has 180 valence electrons. The van der Waals surface area contributed by atoms with E-state index < -0.39 is 43.6 Å². The first-order valence-corrected chi connectivity index (χ1v) is 12.6. The number of alkyl halides is 3. The lowest BCUT2D eigenvalue weighted by atomic mass is 9.90. The van der Waals surface area contributed by atoms with E-state index in [-0.39, 0.29) is 26.2 Å². The zero-order valence-electron chi connectivity index (χ0n) is 17.3. The van der Waals surface area contributed by atoms with Gasteiger partial charge in [0, 0.05) is 7.05 Å². The van der Waals surface area contributed by atoms with Gasteiger partial charge in [0.25, 0.3) is 0 Å². The quantitative estimate of drug-likeness (QED) is 0.437. The van der Waals surface area contributed by atoms with Gasteiger partial charge in [0.05, 0.1) is 32.4 Å². The second-order valence-corrected chi connectivity index (χ2v) is 11.5. The van der Waals surface area contributed by atoms with E-state index in [1.54, 1.807) is 0 Å². The van der Waals surface area contributed by atoms with Crippen LogP contribution in [0.4, 0.5) is 24.5 Å². The predicted molar refractivity (Wildman–Crippen MR) is 115 cm³/mol. The molecule has 0 spiro atoms. The molecule has 2 rings (SSSR count). The molecule has 0 aliphatic rings. The molecule has 1 atom stereocenters. The molecule has 1 N–H and O–H groups in total. The van der Waals surface area contributed by atoms with E-state index in [1.807, 2.05) is 5.32 Å². The summed E-state index contributed by atoms with van der Waals surface area (Å²) in [5.41, 5.74) is -3.44. The lowest BCUT2D eigenvalue weighted by Crippen LogP contribution is -2.47. The van der Waals surface area contributed by atoms with Crippen LogP contribution >= 0.6 is 11.6 Å². The monoisotopic (exact) mass is 526 g/mol. The van der Waals surface area contributed by atoms with Gasteiger partial charge in [-0.2, -0.15) is 13.2 Å². The van der Waals surface area contributed by atoms with E-state index in [1.165, 1.54) is 31.3 Å². The molecule has 14 heteroatoms. The smallest absolute Gasteiger partial charge is 0.324 e. The van der Waals surface area contributed by atoms with Crippen molar-refractivity contribution in [1.82, 2.24) is 0 Å². The fourth-order valence-corrected chi connectivity index (χ4v) is 4.51. The number of amides is 1. The Balaban J connectivity index is 2.35. The molecule has 0 aromatic heterocycles. The number of carbonyl (C=O) groups is 2. The largest absolute Gasteiger partial charge is 0.409 e. The van der Waals surface area contributed by atoms with Gasteiger partial charge in [0.1, 0.15) is 6.29 Å². The summed E-state index contributed by atoms with van der Waals surface area (Å²) in [5, 5.41) is 1.50. The van der Waals surface area contributed by atoms with Crippen LogP contribution in [-0.2, 0) is 29.4 Å². The number of nitrogens with one attached hydrogen (secondary N) is 1. The van der Waals surface area contributed by atoms with E-state index in [9.17, 15) is 39.6 Å². The highest BCUT2D eigenvalue weighted by atomic mass is 35.5. The van der Waals surface area contributed by atoms with Crippen LogP contribution in [0.25, 0.3) is 0 Å². The van der Waals surface area contributed by atoms with Crippen LogP contribution in [0.15, 0.2) is 52.3 Å². The zero-order chi connectivity index (χ0) is 25.4. The Kier molecular flexibility index (Phi) is 7.22. The average Bonchev–Trinajstić information content (AvgIpc) is 2.72. The Morgan fingerprint density at radius 3 is 1.97 bits per heavy atom. The van der Waals surface area contributed by atoms with Crippen LogP contribution < -0.4 is 9.62 Å². The Hall–Kier alpha value is -2.64. The van der Waals surface area contributed by atoms with E-state index in [0.29, 0.717) is 6.92 Å². The highest BCUT2D eigenvalue weighted by molar-refractivity contribution is 7.92. The van der Waals surface area contributed by atoms with Gasteiger partial charge in [-0.3, -0.25) is 9.10 Å². The molecule has 0 saturated carbocycles. The minimum Gasteiger partial charge on any atom is -0.324 e.